The van der Waals surface area contributed by atoms with Crippen LogP contribution < -0.4 is 9.64 Å². The van der Waals surface area contributed by atoms with E-state index in [1.807, 2.05) is 29.2 Å². The van der Waals surface area contributed by atoms with Crippen LogP contribution >= 0.6 is 0 Å². The van der Waals surface area contributed by atoms with Gasteiger partial charge in [-0.2, -0.15) is 0 Å². The molecule has 2 aromatic rings. The maximum absolute atomic E-state index is 14.9. The summed E-state index contributed by atoms with van der Waals surface area (Å²) in [4.78, 5) is 12.7. The molecule has 2 fully saturated rings. The van der Waals surface area contributed by atoms with Crippen molar-refractivity contribution in [2.45, 2.75) is 18.9 Å². The lowest BCUT2D eigenvalue weighted by molar-refractivity contribution is 0.196. The fourth-order valence-electron chi connectivity index (χ4n) is 3.29. The van der Waals surface area contributed by atoms with Crippen molar-refractivity contribution in [2.75, 3.05) is 38.7 Å². The number of ether oxygens (including phenoxy) is 1. The molecule has 0 atom stereocenters. The average molecular weight is 342 g/mol. The maximum atomic E-state index is 14.9. The zero-order chi connectivity index (χ0) is 17.4. The molecule has 25 heavy (non-hydrogen) atoms. The Morgan fingerprint density at radius 2 is 1.92 bits per heavy atom. The summed E-state index contributed by atoms with van der Waals surface area (Å²) in [5, 5.41) is 0. The molecular weight excluding hydrogens is 319 g/mol. The Labute approximate surface area is 147 Å². The van der Waals surface area contributed by atoms with Crippen LogP contribution in [-0.4, -0.2) is 54.7 Å². The van der Waals surface area contributed by atoms with Crippen molar-refractivity contribution in [3.8, 4) is 17.0 Å². The van der Waals surface area contributed by atoms with E-state index < -0.39 is 0 Å². The van der Waals surface area contributed by atoms with Gasteiger partial charge in [-0.05, 0) is 50.1 Å². The number of hydrogen-bond acceptors (Lipinski definition) is 5. The molecule has 0 radical (unpaired) electrons. The molecular formula is C19H23FN4O. The molecule has 1 aromatic heterocycles. The summed E-state index contributed by atoms with van der Waals surface area (Å²) in [5.74, 6) is 1.66. The predicted octanol–water partition coefficient (Wildman–Crippen LogP) is 2.82. The first-order valence-electron chi connectivity index (χ1n) is 8.76. The molecule has 1 aliphatic heterocycles. The van der Waals surface area contributed by atoms with Gasteiger partial charge in [-0.1, -0.05) is 0 Å². The highest BCUT2D eigenvalue weighted by molar-refractivity contribution is 5.65. The van der Waals surface area contributed by atoms with E-state index in [2.05, 4.69) is 21.9 Å². The second-order valence-corrected chi connectivity index (χ2v) is 7.03. The van der Waals surface area contributed by atoms with Gasteiger partial charge in [0.15, 0.2) is 11.6 Å². The van der Waals surface area contributed by atoms with Crippen LogP contribution in [0, 0.1) is 11.7 Å². The number of halogens is 1. The van der Waals surface area contributed by atoms with Crippen LogP contribution in [0.1, 0.15) is 12.8 Å². The van der Waals surface area contributed by atoms with Gasteiger partial charge in [0.2, 0.25) is 0 Å². The van der Waals surface area contributed by atoms with Crippen molar-refractivity contribution in [1.29, 1.82) is 0 Å². The number of nitrogens with zero attached hydrogens (tertiary/aromatic N) is 4. The molecule has 0 unspecified atom stereocenters. The topological polar surface area (TPSA) is 41.5 Å². The quantitative estimate of drug-likeness (QED) is 0.807. The molecule has 1 saturated heterocycles. The van der Waals surface area contributed by atoms with Gasteiger partial charge in [-0.15, -0.1) is 0 Å². The monoisotopic (exact) mass is 342 g/mol. The smallest absolute Gasteiger partial charge is 0.191 e. The first kappa shape index (κ1) is 16.3. The average Bonchev–Trinajstić information content (AvgIpc) is 3.39. The van der Waals surface area contributed by atoms with E-state index in [0.29, 0.717) is 17.6 Å². The molecule has 5 nitrogen and oxygen atoms in total. The Morgan fingerprint density at radius 3 is 2.56 bits per heavy atom. The van der Waals surface area contributed by atoms with Gasteiger partial charge in [-0.3, -0.25) is 4.90 Å². The molecule has 6 heteroatoms. The third-order valence-electron chi connectivity index (χ3n) is 5.16. The molecule has 2 aliphatic rings. The number of methoxy groups -OCH3 is 1. The minimum atomic E-state index is -0.351. The zero-order valence-corrected chi connectivity index (χ0v) is 14.7. The molecule has 0 amide bonds. The molecule has 132 valence electrons. The van der Waals surface area contributed by atoms with Crippen LogP contribution in [0.15, 0.2) is 30.6 Å². The molecule has 1 saturated carbocycles. The van der Waals surface area contributed by atoms with Crippen molar-refractivity contribution in [2.24, 2.45) is 5.92 Å². The molecule has 0 N–H and O–H groups in total. The normalized spacial score (nSPS) is 17.7. The minimum Gasteiger partial charge on any atom is -0.497 e. The second kappa shape index (κ2) is 6.59. The first-order valence-corrected chi connectivity index (χ1v) is 8.76. The fraction of sp³-hybridized carbons (Fsp3) is 0.474. The summed E-state index contributed by atoms with van der Waals surface area (Å²) < 4.78 is 20.1. The van der Waals surface area contributed by atoms with Gasteiger partial charge in [0, 0.05) is 31.2 Å². The van der Waals surface area contributed by atoms with Crippen LogP contribution in [0.3, 0.4) is 0 Å². The van der Waals surface area contributed by atoms with Crippen molar-refractivity contribution < 1.29 is 9.13 Å². The van der Waals surface area contributed by atoms with Crippen LogP contribution in [-0.2, 0) is 0 Å². The molecule has 0 spiro atoms. The van der Waals surface area contributed by atoms with Crippen LogP contribution in [0.25, 0.3) is 11.3 Å². The van der Waals surface area contributed by atoms with Gasteiger partial charge in [0.25, 0.3) is 0 Å². The Kier molecular flexibility index (Phi) is 4.29. The van der Waals surface area contributed by atoms with Crippen LogP contribution in [0.2, 0.25) is 0 Å². The Balaban J connectivity index is 1.48. The van der Waals surface area contributed by atoms with E-state index in [1.165, 1.54) is 19.2 Å². The molecule has 0 bridgehead atoms. The molecule has 1 aliphatic carbocycles. The first-order chi connectivity index (χ1) is 12.2. The van der Waals surface area contributed by atoms with Gasteiger partial charge >= 0.3 is 0 Å². The van der Waals surface area contributed by atoms with E-state index in [9.17, 15) is 4.39 Å². The van der Waals surface area contributed by atoms with Crippen molar-refractivity contribution >= 4 is 5.82 Å². The third-order valence-corrected chi connectivity index (χ3v) is 5.16. The Hall–Kier alpha value is -2.21. The van der Waals surface area contributed by atoms with E-state index in [0.717, 1.165) is 36.9 Å². The highest BCUT2D eigenvalue weighted by Crippen LogP contribution is 2.33. The molecule has 2 heterocycles. The Morgan fingerprint density at radius 1 is 1.20 bits per heavy atom. The van der Waals surface area contributed by atoms with E-state index in [1.54, 1.807) is 7.11 Å². The third kappa shape index (κ3) is 3.31. The van der Waals surface area contributed by atoms with Gasteiger partial charge in [0.05, 0.1) is 7.11 Å². The zero-order valence-electron chi connectivity index (χ0n) is 14.7. The Bertz CT molecular complexity index is 742. The number of likely N-dealkylation sites (N-methyl/N-ethyl adjacent to an activating group) is 1. The molecule has 4 rings (SSSR count). The van der Waals surface area contributed by atoms with E-state index >= 15 is 0 Å². The summed E-state index contributed by atoms with van der Waals surface area (Å²) in [7, 11) is 3.78. The number of rotatable bonds is 6. The summed E-state index contributed by atoms with van der Waals surface area (Å²) in [6.45, 7) is 2.79. The van der Waals surface area contributed by atoms with Crippen molar-refractivity contribution in [3.63, 3.8) is 0 Å². The predicted molar refractivity (Wildman–Crippen MR) is 95.3 cm³/mol. The lowest BCUT2D eigenvalue weighted by Gasteiger charge is -2.44. The number of hydrogen-bond donors (Lipinski definition) is 0. The lowest BCUT2D eigenvalue weighted by Crippen LogP contribution is -2.59. The number of anilines is 1. The van der Waals surface area contributed by atoms with Crippen LogP contribution in [0.4, 0.5) is 10.2 Å². The van der Waals surface area contributed by atoms with E-state index in [4.69, 9.17) is 4.74 Å². The highest BCUT2D eigenvalue weighted by atomic mass is 19.1. The van der Waals surface area contributed by atoms with Crippen molar-refractivity contribution in [3.05, 3.63) is 36.4 Å². The number of benzene rings is 1. The van der Waals surface area contributed by atoms with Gasteiger partial charge in [0.1, 0.15) is 17.8 Å². The summed E-state index contributed by atoms with van der Waals surface area (Å²) in [6, 6.07) is 7.73. The summed E-state index contributed by atoms with van der Waals surface area (Å²) >= 11 is 0. The largest absolute Gasteiger partial charge is 0.497 e. The second-order valence-electron chi connectivity index (χ2n) is 7.03. The van der Waals surface area contributed by atoms with Crippen LogP contribution in [0.5, 0.6) is 5.75 Å². The van der Waals surface area contributed by atoms with Gasteiger partial charge in [-0.25, -0.2) is 14.4 Å². The van der Waals surface area contributed by atoms with E-state index in [-0.39, 0.29) is 5.82 Å². The lowest BCUT2D eigenvalue weighted by atomic mass is 10.1. The highest BCUT2D eigenvalue weighted by Gasteiger charge is 2.35. The fourth-order valence-corrected chi connectivity index (χ4v) is 3.29. The maximum Gasteiger partial charge on any atom is 0.191 e. The van der Waals surface area contributed by atoms with Crippen molar-refractivity contribution in [1.82, 2.24) is 14.9 Å². The number of aromatic nitrogens is 2. The summed E-state index contributed by atoms with van der Waals surface area (Å²) in [6.07, 6.45) is 4.15. The van der Waals surface area contributed by atoms with Gasteiger partial charge < -0.3 is 9.64 Å². The minimum absolute atomic E-state index is 0.336. The summed E-state index contributed by atoms with van der Waals surface area (Å²) in [5.41, 5.74) is 1.06. The SMILES string of the molecule is COc1ccc(-c2ncnc(N3CC(N(C)CC4CC4)C3)c2F)cc1. The molecule has 1 aromatic carbocycles. The standard InChI is InChI=1S/C19H23FN4O/c1-23(9-13-3-4-13)15-10-24(11-15)19-17(20)18(21-12-22-19)14-5-7-16(25-2)8-6-14/h5-8,12-13,15H,3-4,9-11H2,1-2H3.